The first-order valence-electron chi connectivity index (χ1n) is 8.48. The predicted octanol–water partition coefficient (Wildman–Crippen LogP) is -5.43. The summed E-state index contributed by atoms with van der Waals surface area (Å²) in [4.78, 5) is 61.8. The summed E-state index contributed by atoms with van der Waals surface area (Å²) in [6, 6.07) is 0. The first-order valence-corrected chi connectivity index (χ1v) is 12.9. The lowest BCUT2D eigenvalue weighted by molar-refractivity contribution is -0.745. The van der Waals surface area contributed by atoms with Crippen molar-refractivity contribution in [1.29, 1.82) is 0 Å². The third kappa shape index (κ3) is 5.93. The molecule has 0 aliphatic carbocycles. The minimum atomic E-state index is -6.17. The first kappa shape index (κ1) is 26.1. The number of ether oxygens (including phenoxy) is 1. The maximum atomic E-state index is 12.1. The second-order valence-corrected chi connectivity index (χ2v) is 10.9. The van der Waals surface area contributed by atoms with Crippen molar-refractivity contribution in [2.24, 2.45) is 7.05 Å². The van der Waals surface area contributed by atoms with Crippen molar-refractivity contribution >= 4 is 40.6 Å². The Bertz CT molecular complexity index is 1260. The second kappa shape index (κ2) is 8.90. The molecule has 186 valence electrons. The zero-order valence-electron chi connectivity index (χ0n) is 16.1. The predicted molar refractivity (Wildman–Crippen MR) is 92.8 cm³/mol. The molecule has 0 spiro atoms. The average molecular weight is 534 g/mol. The largest absolute Gasteiger partial charge is 0.790 e. The summed E-state index contributed by atoms with van der Waals surface area (Å²) in [5, 5.41) is 20.5. The highest BCUT2D eigenvalue weighted by Crippen LogP contribution is 2.60. The van der Waals surface area contributed by atoms with Gasteiger partial charge in [0.2, 0.25) is 11.7 Å². The van der Waals surface area contributed by atoms with Gasteiger partial charge in [0, 0.05) is 0 Å². The molecule has 1 aliphatic heterocycles. The third-order valence-electron chi connectivity index (χ3n) is 4.20. The van der Waals surface area contributed by atoms with Crippen LogP contribution in [0, 0.1) is 0 Å². The number of rotatable bonds is 8. The van der Waals surface area contributed by atoms with Crippen molar-refractivity contribution in [2.45, 2.75) is 24.5 Å². The fourth-order valence-corrected chi connectivity index (χ4v) is 5.87. The van der Waals surface area contributed by atoms with Gasteiger partial charge in [-0.1, -0.05) is 4.98 Å². The number of nitrogens with two attached hydrogens (primary N) is 1. The van der Waals surface area contributed by atoms with Crippen molar-refractivity contribution in [3.05, 3.63) is 16.7 Å². The van der Waals surface area contributed by atoms with E-state index in [1.807, 2.05) is 0 Å². The van der Waals surface area contributed by atoms with Crippen molar-refractivity contribution in [1.82, 2.24) is 14.5 Å². The molecule has 2 aromatic heterocycles. The van der Waals surface area contributed by atoms with E-state index in [4.69, 9.17) is 10.5 Å². The van der Waals surface area contributed by atoms with E-state index in [2.05, 4.69) is 23.1 Å². The summed E-state index contributed by atoms with van der Waals surface area (Å²) in [5.41, 5.74) is 4.86. The topological polar surface area (TPSA) is 301 Å². The normalized spacial score (nSPS) is 27.5. The maximum absolute atomic E-state index is 12.1. The van der Waals surface area contributed by atoms with Crippen LogP contribution in [0.1, 0.15) is 6.23 Å². The zero-order chi connectivity index (χ0) is 24.9. The molecule has 3 heterocycles. The van der Waals surface area contributed by atoms with Crippen molar-refractivity contribution in [3.63, 3.8) is 0 Å². The Morgan fingerprint density at radius 2 is 1.85 bits per heavy atom. The summed E-state index contributed by atoms with van der Waals surface area (Å²) in [6.45, 7) is -1.12. The van der Waals surface area contributed by atoms with E-state index < -0.39 is 60.2 Å². The molecule has 2 aromatic rings. The number of H-pyrrole nitrogens is 1. The van der Waals surface area contributed by atoms with Crippen LogP contribution < -0.4 is 35.4 Å². The smallest absolute Gasteiger partial charge is 0.313 e. The quantitative estimate of drug-likeness (QED) is 0.181. The molecule has 0 aromatic carbocycles. The Morgan fingerprint density at radius 3 is 2.45 bits per heavy atom. The van der Waals surface area contributed by atoms with Gasteiger partial charge in [-0.25, -0.2) is 8.88 Å². The van der Waals surface area contributed by atoms with Gasteiger partial charge in [-0.15, -0.1) is 0 Å². The monoisotopic (exact) mass is 534 g/mol. The van der Waals surface area contributed by atoms with Gasteiger partial charge in [-0.05, 0) is 0 Å². The van der Waals surface area contributed by atoms with E-state index in [0.717, 1.165) is 4.57 Å². The highest BCUT2D eigenvalue weighted by atomic mass is 31.3. The van der Waals surface area contributed by atoms with E-state index in [-0.39, 0.29) is 17.1 Å². The highest BCUT2D eigenvalue weighted by molar-refractivity contribution is 7.64. The maximum Gasteiger partial charge on any atom is 0.313 e. The van der Waals surface area contributed by atoms with E-state index in [9.17, 15) is 48.3 Å². The van der Waals surface area contributed by atoms with Crippen LogP contribution in [0.25, 0.3) is 11.2 Å². The van der Waals surface area contributed by atoms with Gasteiger partial charge in [-0.3, -0.25) is 27.8 Å². The summed E-state index contributed by atoms with van der Waals surface area (Å²) < 4.78 is 51.6. The van der Waals surface area contributed by atoms with E-state index in [0.29, 0.717) is 0 Å². The van der Waals surface area contributed by atoms with Gasteiger partial charge in [0.25, 0.3) is 27.2 Å². The standard InChI is InChI=1S/C11H18N5O14P3/c1-15-3-16(8-5(15)9(19)14-11(12)13-8)10-7(18)6(17)4(28-10)2-27-32(23,24)30-33(25,26)29-31(20,21)22/h3-4,6-7,10,17-18H,2H2,1H3,(H6-,12,13,14,19,20,21,22,23,24,25,26)/p-3/t4-,6+,7?,10-/m1/s1. The summed E-state index contributed by atoms with van der Waals surface area (Å²) in [5.74, 6) is -0.269. The summed E-state index contributed by atoms with van der Waals surface area (Å²) in [6.07, 6.45) is -5.28. The van der Waals surface area contributed by atoms with Crippen LogP contribution >= 0.6 is 23.5 Å². The summed E-state index contributed by atoms with van der Waals surface area (Å²) >= 11 is 0. The molecule has 1 saturated heterocycles. The Kier molecular flexibility index (Phi) is 7.03. The number of nitrogens with zero attached hydrogens (tertiary/aromatic N) is 3. The molecule has 0 bridgehead atoms. The Labute approximate surface area is 182 Å². The fraction of sp³-hybridized carbons (Fsp3) is 0.545. The molecule has 0 saturated carbocycles. The second-order valence-electron chi connectivity index (χ2n) is 6.60. The lowest BCUT2D eigenvalue weighted by Gasteiger charge is -2.37. The molecule has 19 nitrogen and oxygen atoms in total. The number of aromatic nitrogens is 4. The lowest BCUT2D eigenvalue weighted by Crippen LogP contribution is -2.46. The Hall–Kier alpha value is -1.56. The highest BCUT2D eigenvalue weighted by Gasteiger charge is 2.47. The summed E-state index contributed by atoms with van der Waals surface area (Å²) in [7, 11) is -16.7. The number of aliphatic hydroxyl groups excluding tert-OH is 2. The number of aromatic amines is 1. The number of nitrogens with one attached hydrogen (secondary N) is 1. The van der Waals surface area contributed by atoms with Crippen LogP contribution in [-0.4, -0.2) is 49.7 Å². The molecule has 1 aliphatic rings. The van der Waals surface area contributed by atoms with Crippen LogP contribution in [0.2, 0.25) is 0 Å². The molecule has 0 radical (unpaired) electrons. The average Bonchev–Trinajstić information content (AvgIpc) is 3.07. The fourth-order valence-electron chi connectivity index (χ4n) is 3.00. The number of anilines is 1. The number of phosphoric acid groups is 3. The van der Waals surface area contributed by atoms with Gasteiger partial charge < -0.3 is 49.3 Å². The van der Waals surface area contributed by atoms with Crippen molar-refractivity contribution < 1.29 is 65.9 Å². The van der Waals surface area contributed by atoms with Gasteiger partial charge in [0.1, 0.15) is 18.3 Å². The number of hydrogen-bond donors (Lipinski definition) is 4. The molecule has 33 heavy (non-hydrogen) atoms. The minimum absolute atomic E-state index is 0.0203. The minimum Gasteiger partial charge on any atom is -0.790 e. The molecule has 6 atom stereocenters. The molecule has 0 amide bonds. The van der Waals surface area contributed by atoms with Gasteiger partial charge in [-0.2, -0.15) is 0 Å². The molecule has 1 fully saturated rings. The number of aryl methyl sites for hydroxylation is 1. The lowest BCUT2D eigenvalue weighted by atomic mass is 10.1. The van der Waals surface area contributed by atoms with Gasteiger partial charge in [0.15, 0.2) is 6.33 Å². The van der Waals surface area contributed by atoms with Crippen molar-refractivity contribution in [2.75, 3.05) is 12.3 Å². The first-order chi connectivity index (χ1) is 15.0. The molecular formula is C11H15N5O14P3-3. The van der Waals surface area contributed by atoms with E-state index in [1.165, 1.54) is 17.9 Å². The van der Waals surface area contributed by atoms with Crippen LogP contribution in [0.15, 0.2) is 11.1 Å². The number of imidazole rings is 1. The van der Waals surface area contributed by atoms with Crippen LogP contribution in [-0.2, 0) is 38.6 Å². The number of hydrogen-bond acceptors (Lipinski definition) is 16. The molecule has 22 heteroatoms. The van der Waals surface area contributed by atoms with Crippen LogP contribution in [0.5, 0.6) is 0 Å². The Morgan fingerprint density at radius 1 is 1.21 bits per heavy atom. The van der Waals surface area contributed by atoms with E-state index in [1.54, 1.807) is 0 Å². The molecule has 5 N–H and O–H groups in total. The number of phosphoric ester groups is 1. The van der Waals surface area contributed by atoms with E-state index >= 15 is 0 Å². The number of nitrogen functional groups attached to an aromatic ring is 1. The molecular weight excluding hydrogens is 519 g/mol. The third-order valence-corrected chi connectivity index (χ3v) is 7.86. The van der Waals surface area contributed by atoms with Gasteiger partial charge in [0.05, 0.1) is 21.5 Å². The molecule has 3 unspecified atom stereocenters. The van der Waals surface area contributed by atoms with Crippen LogP contribution in [0.4, 0.5) is 5.95 Å². The van der Waals surface area contributed by atoms with Crippen LogP contribution in [0.3, 0.4) is 0 Å². The number of aliphatic hydroxyl groups is 2. The Balaban J connectivity index is 1.76. The van der Waals surface area contributed by atoms with Gasteiger partial charge >= 0.3 is 5.65 Å². The SMILES string of the molecule is Cn1c[n+]([C@@H]2O[C@H](COP(=O)([O-])OP(=O)([O-])OP(=O)([O-])[O-])[C@H](O)C2O)c2nc(N)[nH]c(=O)c21. The number of fused-ring (bicyclic) bond motifs is 1. The van der Waals surface area contributed by atoms with Crippen molar-refractivity contribution in [3.8, 4) is 0 Å². The zero-order valence-corrected chi connectivity index (χ0v) is 18.8. The molecule has 3 rings (SSSR count).